The molecule has 3 aromatic rings. The lowest BCUT2D eigenvalue weighted by Crippen LogP contribution is -2.43. The normalized spacial score (nSPS) is 16.4. The van der Waals surface area contributed by atoms with Crippen LogP contribution in [0.2, 0.25) is 0 Å². The first-order valence-corrected chi connectivity index (χ1v) is 12.0. The number of aliphatic hydroxyl groups is 1. The number of carbonyl (C=O) groups excluding carboxylic acids is 2. The number of amides is 2. The first kappa shape index (κ1) is 26.2. The van der Waals surface area contributed by atoms with Crippen LogP contribution >= 0.6 is 0 Å². The quantitative estimate of drug-likeness (QED) is 0.461. The van der Waals surface area contributed by atoms with Gasteiger partial charge in [-0.05, 0) is 54.8 Å². The number of nitrogens with one attached hydrogen (secondary N) is 1. The molecule has 1 aliphatic heterocycles. The van der Waals surface area contributed by atoms with E-state index in [9.17, 15) is 19.1 Å². The van der Waals surface area contributed by atoms with E-state index < -0.39 is 18.0 Å². The second kappa shape index (κ2) is 11.1. The standard InChI is InChI=1S/C28H31FN4O4/c1-17-5-6-20(25-11-18(2)33(31-25)14-23(34)16-37-4)12-21(17)13-26(35)24-15-32(3)28(36)30-27(24)19-7-9-22(29)10-8-19/h5-12,15,23,27,34H,13-14,16H2,1-4H3,(H,30,36)/t23-,27-/m0/s1. The number of hydrogen-bond acceptors (Lipinski definition) is 5. The van der Waals surface area contributed by atoms with E-state index in [0.29, 0.717) is 17.7 Å². The number of carbonyl (C=O) groups is 2. The lowest BCUT2D eigenvalue weighted by Gasteiger charge is -2.30. The predicted octanol–water partition coefficient (Wildman–Crippen LogP) is 3.71. The van der Waals surface area contributed by atoms with E-state index in [1.807, 2.05) is 38.1 Å². The molecule has 9 heteroatoms. The zero-order valence-corrected chi connectivity index (χ0v) is 21.4. The van der Waals surface area contributed by atoms with Gasteiger partial charge in [0.25, 0.3) is 0 Å². The number of Topliss-reactive ketones (excluding diaryl/α,β-unsaturated/α-hetero) is 1. The van der Waals surface area contributed by atoms with Gasteiger partial charge in [0.15, 0.2) is 5.78 Å². The van der Waals surface area contributed by atoms with Gasteiger partial charge in [-0.2, -0.15) is 5.10 Å². The number of aromatic nitrogens is 2. The van der Waals surface area contributed by atoms with Crippen LogP contribution in [0, 0.1) is 19.7 Å². The summed E-state index contributed by atoms with van der Waals surface area (Å²) >= 11 is 0. The Bertz CT molecular complexity index is 1330. The number of methoxy groups -OCH3 is 1. The van der Waals surface area contributed by atoms with Crippen LogP contribution in [0.1, 0.15) is 28.4 Å². The second-order valence-corrected chi connectivity index (χ2v) is 9.33. The Morgan fingerprint density at radius 3 is 2.62 bits per heavy atom. The van der Waals surface area contributed by atoms with Crippen LogP contribution in [0.15, 0.2) is 60.3 Å². The van der Waals surface area contributed by atoms with E-state index in [0.717, 1.165) is 28.1 Å². The van der Waals surface area contributed by atoms with Crippen molar-refractivity contribution in [1.82, 2.24) is 20.0 Å². The minimum Gasteiger partial charge on any atom is -0.389 e. The van der Waals surface area contributed by atoms with E-state index in [2.05, 4.69) is 10.4 Å². The molecule has 2 aromatic carbocycles. The molecule has 0 saturated carbocycles. The number of benzene rings is 2. The summed E-state index contributed by atoms with van der Waals surface area (Å²) in [6.45, 7) is 4.40. The maximum Gasteiger partial charge on any atom is 0.321 e. The van der Waals surface area contributed by atoms with Crippen LogP contribution in [0.3, 0.4) is 0 Å². The largest absolute Gasteiger partial charge is 0.389 e. The Morgan fingerprint density at radius 1 is 1.19 bits per heavy atom. The molecule has 8 nitrogen and oxygen atoms in total. The Kier molecular flexibility index (Phi) is 7.85. The van der Waals surface area contributed by atoms with Gasteiger partial charge in [-0.15, -0.1) is 0 Å². The van der Waals surface area contributed by atoms with E-state index in [4.69, 9.17) is 4.74 Å². The van der Waals surface area contributed by atoms with Crippen molar-refractivity contribution in [2.45, 2.75) is 39.0 Å². The van der Waals surface area contributed by atoms with Gasteiger partial charge in [0, 0.05) is 43.6 Å². The summed E-state index contributed by atoms with van der Waals surface area (Å²) in [6.07, 6.45) is 1.00. The molecule has 37 heavy (non-hydrogen) atoms. The van der Waals surface area contributed by atoms with E-state index in [1.54, 1.807) is 30.1 Å². The number of aliphatic hydroxyl groups excluding tert-OH is 1. The van der Waals surface area contributed by atoms with Crippen molar-refractivity contribution >= 4 is 11.8 Å². The number of hydrogen-bond donors (Lipinski definition) is 2. The Labute approximate surface area is 215 Å². The lowest BCUT2D eigenvalue weighted by atomic mass is 9.90. The van der Waals surface area contributed by atoms with Crippen LogP contribution in [0.4, 0.5) is 9.18 Å². The van der Waals surface area contributed by atoms with E-state index in [-0.39, 0.29) is 24.8 Å². The SMILES string of the molecule is COC[C@@H](O)Cn1nc(-c2ccc(C)c(CC(=O)C3=CN(C)C(=O)N[C@H]3c3ccc(F)cc3)c2)cc1C. The van der Waals surface area contributed by atoms with Crippen LogP contribution in [-0.2, 0) is 22.5 Å². The van der Waals surface area contributed by atoms with Crippen molar-refractivity contribution in [2.75, 3.05) is 20.8 Å². The minimum atomic E-state index is -0.669. The molecule has 2 atom stereocenters. The minimum absolute atomic E-state index is 0.124. The number of ether oxygens (including phenoxy) is 1. The number of rotatable bonds is 9. The van der Waals surface area contributed by atoms with Gasteiger partial charge in [0.2, 0.25) is 0 Å². The van der Waals surface area contributed by atoms with Gasteiger partial charge in [-0.3, -0.25) is 9.48 Å². The maximum atomic E-state index is 13.5. The topological polar surface area (TPSA) is 96.7 Å². The van der Waals surface area contributed by atoms with E-state index in [1.165, 1.54) is 24.1 Å². The molecule has 0 spiro atoms. The fourth-order valence-corrected chi connectivity index (χ4v) is 4.37. The molecular weight excluding hydrogens is 475 g/mol. The Hall–Kier alpha value is -3.82. The summed E-state index contributed by atoms with van der Waals surface area (Å²) in [6, 6.07) is 12.5. The van der Waals surface area contributed by atoms with Gasteiger partial charge in [0.05, 0.1) is 31.0 Å². The molecule has 0 saturated heterocycles. The maximum absolute atomic E-state index is 13.5. The smallest absolute Gasteiger partial charge is 0.321 e. The van der Waals surface area contributed by atoms with Crippen LogP contribution in [-0.4, -0.2) is 58.5 Å². The molecule has 194 valence electrons. The lowest BCUT2D eigenvalue weighted by molar-refractivity contribution is -0.115. The summed E-state index contributed by atoms with van der Waals surface area (Å²) in [5.74, 6) is -0.538. The fraction of sp³-hybridized carbons (Fsp3) is 0.321. The fourth-order valence-electron chi connectivity index (χ4n) is 4.37. The average Bonchev–Trinajstić information content (AvgIpc) is 3.22. The number of urea groups is 1. The zero-order valence-electron chi connectivity index (χ0n) is 21.4. The van der Waals surface area contributed by atoms with E-state index >= 15 is 0 Å². The Morgan fingerprint density at radius 2 is 1.92 bits per heavy atom. The Balaban J connectivity index is 1.59. The van der Waals surface area contributed by atoms with Crippen molar-refractivity contribution in [3.8, 4) is 11.3 Å². The van der Waals surface area contributed by atoms with Crippen LogP contribution in [0.5, 0.6) is 0 Å². The zero-order chi connectivity index (χ0) is 26.7. The van der Waals surface area contributed by atoms with Crippen molar-refractivity contribution in [3.63, 3.8) is 0 Å². The average molecular weight is 507 g/mol. The molecule has 0 bridgehead atoms. The van der Waals surface area contributed by atoms with Crippen molar-refractivity contribution in [2.24, 2.45) is 0 Å². The highest BCUT2D eigenvalue weighted by Crippen LogP contribution is 2.29. The molecule has 1 aliphatic rings. The molecule has 0 fully saturated rings. The van der Waals surface area contributed by atoms with Crippen LogP contribution < -0.4 is 5.32 Å². The second-order valence-electron chi connectivity index (χ2n) is 9.33. The summed E-state index contributed by atoms with van der Waals surface area (Å²) in [4.78, 5) is 27.2. The molecule has 2 N–H and O–H groups in total. The molecule has 0 aliphatic carbocycles. The highest BCUT2D eigenvalue weighted by Gasteiger charge is 2.30. The molecule has 2 amide bonds. The molecule has 4 rings (SSSR count). The van der Waals surface area contributed by atoms with Gasteiger partial charge < -0.3 is 20.1 Å². The number of aryl methyl sites for hydroxylation is 2. The summed E-state index contributed by atoms with van der Waals surface area (Å²) in [5, 5.41) is 17.6. The van der Waals surface area contributed by atoms with Crippen LogP contribution in [0.25, 0.3) is 11.3 Å². The third-order valence-electron chi connectivity index (χ3n) is 6.48. The third kappa shape index (κ3) is 5.95. The van der Waals surface area contributed by atoms with Gasteiger partial charge in [-0.1, -0.05) is 24.3 Å². The highest BCUT2D eigenvalue weighted by atomic mass is 19.1. The van der Waals surface area contributed by atoms with Crippen molar-refractivity contribution in [1.29, 1.82) is 0 Å². The molecule has 0 unspecified atom stereocenters. The van der Waals surface area contributed by atoms with Crippen molar-refractivity contribution < 1.29 is 23.8 Å². The molecular formula is C28H31FN4O4. The first-order valence-electron chi connectivity index (χ1n) is 12.0. The predicted molar refractivity (Wildman–Crippen MR) is 137 cm³/mol. The summed E-state index contributed by atoms with van der Waals surface area (Å²) < 4.78 is 20.2. The van der Waals surface area contributed by atoms with Gasteiger partial charge in [-0.25, -0.2) is 9.18 Å². The number of halogens is 1. The highest BCUT2D eigenvalue weighted by molar-refractivity contribution is 6.00. The monoisotopic (exact) mass is 506 g/mol. The number of nitrogens with zero attached hydrogens (tertiary/aromatic N) is 3. The molecule has 0 radical (unpaired) electrons. The van der Waals surface area contributed by atoms with Gasteiger partial charge >= 0.3 is 6.03 Å². The van der Waals surface area contributed by atoms with Gasteiger partial charge in [0.1, 0.15) is 5.82 Å². The first-order chi connectivity index (χ1) is 17.7. The number of ketones is 1. The molecule has 1 aromatic heterocycles. The molecule has 2 heterocycles. The third-order valence-corrected chi connectivity index (χ3v) is 6.48. The summed E-state index contributed by atoms with van der Waals surface area (Å²) in [7, 11) is 3.12. The summed E-state index contributed by atoms with van der Waals surface area (Å²) in [5.41, 5.74) is 5.34. The van der Waals surface area contributed by atoms with Crippen molar-refractivity contribution in [3.05, 3.63) is 88.5 Å².